The third kappa shape index (κ3) is 5.61. The van der Waals surface area contributed by atoms with Crippen LogP contribution in [0, 0.1) is 5.92 Å². The molecule has 0 radical (unpaired) electrons. The van der Waals surface area contributed by atoms with Gasteiger partial charge >= 0.3 is 0 Å². The van der Waals surface area contributed by atoms with Crippen LogP contribution in [-0.2, 0) is 0 Å². The molecule has 2 N–H and O–H groups in total. The Hall–Kier alpha value is -1.55. The maximum absolute atomic E-state index is 12.1. The fraction of sp³-hybridized carbons (Fsp3) is 0.562. The SMILES string of the molecule is CCCOc1ccc(C(=O)NC(CO)CC(C)C)cc1. The van der Waals surface area contributed by atoms with Crippen molar-refractivity contribution in [3.63, 3.8) is 0 Å². The monoisotopic (exact) mass is 279 g/mol. The summed E-state index contributed by atoms with van der Waals surface area (Å²) in [5.74, 6) is 1.04. The van der Waals surface area contributed by atoms with Crippen LogP contribution in [0.5, 0.6) is 5.75 Å². The smallest absolute Gasteiger partial charge is 0.251 e. The lowest BCUT2D eigenvalue weighted by Gasteiger charge is -2.18. The lowest BCUT2D eigenvalue weighted by molar-refractivity contribution is 0.0908. The van der Waals surface area contributed by atoms with Crippen molar-refractivity contribution in [2.45, 2.75) is 39.7 Å². The van der Waals surface area contributed by atoms with Crippen LogP contribution in [0.1, 0.15) is 44.0 Å². The summed E-state index contributed by atoms with van der Waals surface area (Å²) in [6.07, 6.45) is 1.72. The van der Waals surface area contributed by atoms with Crippen LogP contribution in [0.15, 0.2) is 24.3 Å². The maximum atomic E-state index is 12.1. The van der Waals surface area contributed by atoms with Crippen LogP contribution in [0.25, 0.3) is 0 Å². The minimum Gasteiger partial charge on any atom is -0.494 e. The Morgan fingerprint density at radius 3 is 2.45 bits per heavy atom. The Bertz CT molecular complexity index is 401. The quantitative estimate of drug-likeness (QED) is 0.769. The van der Waals surface area contributed by atoms with Crippen molar-refractivity contribution in [2.75, 3.05) is 13.2 Å². The van der Waals surface area contributed by atoms with E-state index in [4.69, 9.17) is 4.74 Å². The average Bonchev–Trinajstić information content (AvgIpc) is 2.44. The van der Waals surface area contributed by atoms with E-state index in [1.807, 2.05) is 6.92 Å². The van der Waals surface area contributed by atoms with Gasteiger partial charge < -0.3 is 15.2 Å². The average molecular weight is 279 g/mol. The molecule has 0 saturated heterocycles. The predicted octanol–water partition coefficient (Wildman–Crippen LogP) is 2.61. The van der Waals surface area contributed by atoms with Gasteiger partial charge in [0.25, 0.3) is 5.91 Å². The van der Waals surface area contributed by atoms with Crippen molar-refractivity contribution in [1.82, 2.24) is 5.32 Å². The third-order valence-corrected chi connectivity index (χ3v) is 2.90. The zero-order valence-electron chi connectivity index (χ0n) is 12.6. The number of ether oxygens (including phenoxy) is 1. The highest BCUT2D eigenvalue weighted by Gasteiger charge is 2.14. The van der Waals surface area contributed by atoms with Crippen molar-refractivity contribution in [2.24, 2.45) is 5.92 Å². The second-order valence-electron chi connectivity index (χ2n) is 5.36. The first kappa shape index (κ1) is 16.5. The molecular weight excluding hydrogens is 254 g/mol. The first-order valence-electron chi connectivity index (χ1n) is 7.21. The normalized spacial score (nSPS) is 12.2. The minimum absolute atomic E-state index is 0.0401. The van der Waals surface area contributed by atoms with Gasteiger partial charge in [-0.3, -0.25) is 4.79 Å². The lowest BCUT2D eigenvalue weighted by Crippen LogP contribution is -2.38. The van der Waals surface area contributed by atoms with Gasteiger partial charge in [-0.05, 0) is 43.0 Å². The molecule has 0 aliphatic rings. The van der Waals surface area contributed by atoms with Crippen molar-refractivity contribution in [1.29, 1.82) is 0 Å². The number of amides is 1. The molecule has 4 heteroatoms. The molecule has 1 atom stereocenters. The van der Waals surface area contributed by atoms with Crippen LogP contribution < -0.4 is 10.1 Å². The number of aliphatic hydroxyl groups excluding tert-OH is 1. The van der Waals surface area contributed by atoms with Crippen molar-refractivity contribution < 1.29 is 14.6 Å². The molecule has 0 saturated carbocycles. The van der Waals surface area contributed by atoms with Crippen molar-refractivity contribution >= 4 is 5.91 Å². The Balaban J connectivity index is 2.58. The van der Waals surface area contributed by atoms with E-state index >= 15 is 0 Å². The Morgan fingerprint density at radius 2 is 1.95 bits per heavy atom. The summed E-state index contributed by atoms with van der Waals surface area (Å²) in [7, 11) is 0. The number of carbonyl (C=O) groups excluding carboxylic acids is 1. The molecule has 1 rings (SSSR count). The fourth-order valence-electron chi connectivity index (χ4n) is 1.94. The first-order valence-corrected chi connectivity index (χ1v) is 7.21. The zero-order valence-corrected chi connectivity index (χ0v) is 12.6. The number of hydrogen-bond donors (Lipinski definition) is 2. The molecule has 0 aliphatic heterocycles. The second kappa shape index (κ2) is 8.59. The molecule has 0 bridgehead atoms. The lowest BCUT2D eigenvalue weighted by atomic mass is 10.0. The van der Waals surface area contributed by atoms with Gasteiger partial charge in [-0.15, -0.1) is 0 Å². The van der Waals surface area contributed by atoms with Gasteiger partial charge in [-0.1, -0.05) is 20.8 Å². The molecule has 112 valence electrons. The van der Waals surface area contributed by atoms with Gasteiger partial charge in [0.2, 0.25) is 0 Å². The van der Waals surface area contributed by atoms with E-state index in [0.29, 0.717) is 18.1 Å². The fourth-order valence-corrected chi connectivity index (χ4v) is 1.94. The van der Waals surface area contributed by atoms with E-state index in [9.17, 15) is 9.90 Å². The van der Waals surface area contributed by atoms with Crippen LogP contribution in [0.4, 0.5) is 0 Å². The largest absolute Gasteiger partial charge is 0.494 e. The third-order valence-electron chi connectivity index (χ3n) is 2.90. The Morgan fingerprint density at radius 1 is 1.30 bits per heavy atom. The number of benzene rings is 1. The molecule has 0 aliphatic carbocycles. The van der Waals surface area contributed by atoms with E-state index in [1.54, 1.807) is 24.3 Å². The molecule has 1 aromatic rings. The van der Waals surface area contributed by atoms with Gasteiger partial charge in [0.15, 0.2) is 0 Å². The van der Waals surface area contributed by atoms with Gasteiger partial charge in [-0.25, -0.2) is 0 Å². The van der Waals surface area contributed by atoms with Gasteiger partial charge in [0.05, 0.1) is 19.3 Å². The molecule has 1 unspecified atom stereocenters. The topological polar surface area (TPSA) is 58.6 Å². The van der Waals surface area contributed by atoms with Crippen molar-refractivity contribution in [3.8, 4) is 5.75 Å². The maximum Gasteiger partial charge on any atom is 0.251 e. The number of hydrogen-bond acceptors (Lipinski definition) is 3. The summed E-state index contributed by atoms with van der Waals surface area (Å²) in [5, 5.41) is 12.1. The predicted molar refractivity (Wildman–Crippen MR) is 80.0 cm³/mol. The Labute approximate surface area is 121 Å². The summed E-state index contributed by atoms with van der Waals surface area (Å²) >= 11 is 0. The van der Waals surface area contributed by atoms with Crippen LogP contribution >= 0.6 is 0 Å². The molecule has 20 heavy (non-hydrogen) atoms. The summed E-state index contributed by atoms with van der Waals surface area (Å²) in [4.78, 5) is 12.1. The van der Waals surface area contributed by atoms with Crippen LogP contribution in [0.3, 0.4) is 0 Å². The van der Waals surface area contributed by atoms with Crippen LogP contribution in [-0.4, -0.2) is 30.3 Å². The number of nitrogens with one attached hydrogen (secondary N) is 1. The number of rotatable bonds is 8. The number of carbonyl (C=O) groups is 1. The highest BCUT2D eigenvalue weighted by atomic mass is 16.5. The molecule has 4 nitrogen and oxygen atoms in total. The standard InChI is InChI=1S/C16H25NO3/c1-4-9-20-15-7-5-13(6-8-15)16(19)17-14(11-18)10-12(2)3/h5-8,12,14,18H,4,9-11H2,1-3H3,(H,17,19). The van der Waals surface area contributed by atoms with Crippen LogP contribution in [0.2, 0.25) is 0 Å². The first-order chi connectivity index (χ1) is 9.56. The van der Waals surface area contributed by atoms with Gasteiger partial charge in [0, 0.05) is 5.56 Å². The zero-order chi connectivity index (χ0) is 15.0. The molecule has 0 spiro atoms. The van der Waals surface area contributed by atoms with E-state index in [-0.39, 0.29) is 18.6 Å². The summed E-state index contributed by atoms with van der Waals surface area (Å²) in [6.45, 7) is 6.81. The van der Waals surface area contributed by atoms with E-state index in [1.165, 1.54) is 0 Å². The van der Waals surface area contributed by atoms with Gasteiger partial charge in [0.1, 0.15) is 5.75 Å². The molecular formula is C16H25NO3. The van der Waals surface area contributed by atoms with Crippen molar-refractivity contribution in [3.05, 3.63) is 29.8 Å². The minimum atomic E-state index is -0.196. The molecule has 1 amide bonds. The summed E-state index contributed by atoms with van der Waals surface area (Å²) < 4.78 is 5.47. The highest BCUT2D eigenvalue weighted by Crippen LogP contribution is 2.13. The summed E-state index contributed by atoms with van der Waals surface area (Å²) in [5.41, 5.74) is 0.580. The summed E-state index contributed by atoms with van der Waals surface area (Å²) in [6, 6.07) is 6.87. The van der Waals surface area contributed by atoms with E-state index in [2.05, 4.69) is 19.2 Å². The molecule has 1 aromatic carbocycles. The van der Waals surface area contributed by atoms with Gasteiger partial charge in [-0.2, -0.15) is 0 Å². The molecule has 0 aromatic heterocycles. The Kier molecular flexibility index (Phi) is 7.09. The molecule has 0 heterocycles. The number of aliphatic hydroxyl groups is 1. The van der Waals surface area contributed by atoms with E-state index in [0.717, 1.165) is 18.6 Å². The highest BCUT2D eigenvalue weighted by molar-refractivity contribution is 5.94. The molecule has 0 fully saturated rings. The second-order valence-corrected chi connectivity index (χ2v) is 5.36. The van der Waals surface area contributed by atoms with E-state index < -0.39 is 0 Å².